The van der Waals surface area contributed by atoms with Crippen LogP contribution in [0, 0.1) is 11.6 Å². The van der Waals surface area contributed by atoms with E-state index in [4.69, 9.17) is 11.6 Å². The number of anilines is 1. The molecule has 0 aliphatic heterocycles. The zero-order valence-electron chi connectivity index (χ0n) is 11.1. The van der Waals surface area contributed by atoms with Crippen LogP contribution in [0.3, 0.4) is 0 Å². The molecule has 2 aliphatic carbocycles. The number of rotatable bonds is 2. The van der Waals surface area contributed by atoms with E-state index >= 15 is 0 Å². The molecule has 6 heteroatoms. The van der Waals surface area contributed by atoms with Crippen LogP contribution in [-0.4, -0.2) is 18.3 Å². The number of halogens is 5. The Morgan fingerprint density at radius 2 is 1.75 bits per heavy atom. The van der Waals surface area contributed by atoms with Crippen molar-refractivity contribution in [3.05, 3.63) is 28.8 Å². The summed E-state index contributed by atoms with van der Waals surface area (Å²) in [5, 5.41) is -0.109. The molecule has 0 N–H and O–H groups in total. The summed E-state index contributed by atoms with van der Waals surface area (Å²) in [6, 6.07) is 2.35. The second-order valence-corrected chi connectivity index (χ2v) is 6.21. The summed E-state index contributed by atoms with van der Waals surface area (Å²) in [7, 11) is 1.63. The first-order chi connectivity index (χ1) is 8.87. The fraction of sp³-hybridized carbons (Fsp3) is 0.571. The van der Waals surface area contributed by atoms with Crippen molar-refractivity contribution in [3.8, 4) is 0 Å². The first-order valence-corrected chi connectivity index (χ1v) is 6.81. The highest BCUT2D eigenvalue weighted by Gasteiger charge is 2.57. The van der Waals surface area contributed by atoms with Gasteiger partial charge in [0.1, 0.15) is 17.2 Å². The van der Waals surface area contributed by atoms with Crippen molar-refractivity contribution < 1.29 is 13.2 Å². The lowest BCUT2D eigenvalue weighted by Crippen LogP contribution is -2.44. The van der Waals surface area contributed by atoms with Gasteiger partial charge in [0.15, 0.2) is 5.82 Å². The molecule has 0 amide bonds. The van der Waals surface area contributed by atoms with E-state index in [1.54, 1.807) is 11.9 Å². The van der Waals surface area contributed by atoms with E-state index in [0.717, 1.165) is 6.07 Å². The summed E-state index contributed by atoms with van der Waals surface area (Å²) in [6.45, 7) is 0. The van der Waals surface area contributed by atoms with E-state index in [0.29, 0.717) is 32.1 Å². The fourth-order valence-electron chi connectivity index (χ4n) is 3.62. The molecule has 0 atom stereocenters. The second kappa shape index (κ2) is 4.99. The van der Waals surface area contributed by atoms with Crippen LogP contribution in [0.5, 0.6) is 0 Å². The van der Waals surface area contributed by atoms with Crippen molar-refractivity contribution in [2.45, 2.75) is 43.3 Å². The molecule has 112 valence electrons. The molecule has 0 saturated heterocycles. The molecule has 2 saturated carbocycles. The van der Waals surface area contributed by atoms with Gasteiger partial charge >= 0.3 is 0 Å². The molecule has 0 radical (unpaired) electrons. The first kappa shape index (κ1) is 15.8. The molecule has 0 heterocycles. The van der Waals surface area contributed by atoms with Gasteiger partial charge in [0.05, 0.1) is 5.02 Å². The van der Waals surface area contributed by atoms with Crippen LogP contribution in [-0.2, 0) is 0 Å². The minimum Gasteiger partial charge on any atom is -0.364 e. The van der Waals surface area contributed by atoms with Crippen molar-refractivity contribution in [1.29, 1.82) is 0 Å². The number of hydrogen-bond donors (Lipinski definition) is 0. The van der Waals surface area contributed by atoms with Gasteiger partial charge in [-0.15, -0.1) is 12.4 Å². The van der Waals surface area contributed by atoms with Crippen LogP contribution < -0.4 is 4.90 Å². The predicted molar refractivity (Wildman–Crippen MR) is 76.7 cm³/mol. The van der Waals surface area contributed by atoms with Crippen LogP contribution in [0.4, 0.5) is 18.9 Å². The van der Waals surface area contributed by atoms with E-state index < -0.39 is 22.8 Å². The van der Waals surface area contributed by atoms with Gasteiger partial charge in [0.25, 0.3) is 0 Å². The fourth-order valence-corrected chi connectivity index (χ4v) is 3.77. The Balaban J connectivity index is 0.00000147. The molecular formula is C14H16Cl2F3N. The summed E-state index contributed by atoms with van der Waals surface area (Å²) >= 11 is 5.72. The molecule has 1 aromatic carbocycles. The summed E-state index contributed by atoms with van der Waals surface area (Å²) in [4.78, 5) is 1.57. The zero-order valence-corrected chi connectivity index (χ0v) is 12.6. The SMILES string of the molecule is CN(c1c(F)ccc(Cl)c1F)C12CCC(F)(CC1)C2.Cl. The highest BCUT2D eigenvalue weighted by atomic mass is 35.5. The molecule has 20 heavy (non-hydrogen) atoms. The average Bonchev–Trinajstić information content (AvgIpc) is 2.89. The predicted octanol–water partition coefficient (Wildman–Crippen LogP) is 4.90. The molecule has 1 aromatic rings. The van der Waals surface area contributed by atoms with E-state index in [1.165, 1.54) is 6.07 Å². The standard InChI is InChI=1S/C14H15ClF3N.ClH/c1-19(12-10(16)3-2-9(15)11(12)17)14-6-4-13(18,8-14)5-7-14;/h2-3H,4-8H2,1H3;1H. The lowest BCUT2D eigenvalue weighted by molar-refractivity contribution is 0.176. The molecule has 2 bridgehead atoms. The highest BCUT2D eigenvalue weighted by molar-refractivity contribution is 6.31. The lowest BCUT2D eigenvalue weighted by atomic mass is 9.91. The van der Waals surface area contributed by atoms with Gasteiger partial charge in [0.2, 0.25) is 0 Å². The molecule has 0 unspecified atom stereocenters. The first-order valence-electron chi connectivity index (χ1n) is 6.43. The Bertz CT molecular complexity index is 527. The minimum atomic E-state index is -1.15. The molecule has 1 nitrogen and oxygen atoms in total. The quantitative estimate of drug-likeness (QED) is 0.699. The molecule has 0 spiro atoms. The third-order valence-corrected chi connectivity index (χ3v) is 5.08. The minimum absolute atomic E-state index is 0. The van der Waals surface area contributed by atoms with Crippen LogP contribution in [0.15, 0.2) is 12.1 Å². The second-order valence-electron chi connectivity index (χ2n) is 5.80. The van der Waals surface area contributed by atoms with Gasteiger partial charge in [-0.3, -0.25) is 0 Å². The van der Waals surface area contributed by atoms with E-state index in [9.17, 15) is 13.2 Å². The number of hydrogen-bond acceptors (Lipinski definition) is 1. The van der Waals surface area contributed by atoms with Crippen molar-refractivity contribution in [3.63, 3.8) is 0 Å². The number of nitrogens with zero attached hydrogens (tertiary/aromatic N) is 1. The third kappa shape index (κ3) is 2.17. The highest BCUT2D eigenvalue weighted by Crippen LogP contribution is 2.56. The summed E-state index contributed by atoms with van der Waals surface area (Å²) < 4.78 is 42.2. The van der Waals surface area contributed by atoms with Gasteiger partial charge < -0.3 is 4.90 Å². The van der Waals surface area contributed by atoms with Crippen molar-refractivity contribution >= 4 is 29.7 Å². The van der Waals surface area contributed by atoms with Gasteiger partial charge in [-0.2, -0.15) is 0 Å². The smallest absolute Gasteiger partial charge is 0.168 e. The number of benzene rings is 1. The van der Waals surface area contributed by atoms with Gasteiger partial charge in [-0.05, 0) is 37.8 Å². The van der Waals surface area contributed by atoms with Crippen molar-refractivity contribution in [2.75, 3.05) is 11.9 Å². The van der Waals surface area contributed by atoms with E-state index in [-0.39, 0.29) is 23.1 Å². The van der Waals surface area contributed by atoms with E-state index in [1.807, 2.05) is 0 Å². The van der Waals surface area contributed by atoms with Crippen molar-refractivity contribution in [1.82, 2.24) is 0 Å². The monoisotopic (exact) mass is 325 g/mol. The van der Waals surface area contributed by atoms with Crippen LogP contribution in [0.1, 0.15) is 32.1 Å². The third-order valence-electron chi connectivity index (χ3n) is 4.79. The molecule has 3 rings (SSSR count). The van der Waals surface area contributed by atoms with E-state index in [2.05, 4.69) is 0 Å². The normalized spacial score (nSPS) is 31.2. The molecular weight excluding hydrogens is 310 g/mol. The maximum Gasteiger partial charge on any atom is 0.168 e. The van der Waals surface area contributed by atoms with Gasteiger partial charge in [-0.25, -0.2) is 13.2 Å². The van der Waals surface area contributed by atoms with Crippen LogP contribution in [0.25, 0.3) is 0 Å². The maximum absolute atomic E-state index is 14.2. The Morgan fingerprint density at radius 3 is 2.25 bits per heavy atom. The van der Waals surface area contributed by atoms with Gasteiger partial charge in [-0.1, -0.05) is 11.6 Å². The summed E-state index contributed by atoms with van der Waals surface area (Å²) in [5.41, 5.74) is -1.76. The van der Waals surface area contributed by atoms with Gasteiger partial charge in [0, 0.05) is 19.0 Å². The topological polar surface area (TPSA) is 3.24 Å². The number of fused-ring (bicyclic) bond motifs is 2. The average molecular weight is 326 g/mol. The summed E-state index contributed by atoms with van der Waals surface area (Å²) in [5.74, 6) is -1.41. The Kier molecular flexibility index (Phi) is 3.93. The molecule has 0 aromatic heterocycles. The summed E-state index contributed by atoms with van der Waals surface area (Å²) in [6.07, 6.45) is 2.56. The number of alkyl halides is 1. The largest absolute Gasteiger partial charge is 0.364 e. The van der Waals surface area contributed by atoms with Crippen LogP contribution in [0.2, 0.25) is 5.02 Å². The maximum atomic E-state index is 14.2. The van der Waals surface area contributed by atoms with Crippen molar-refractivity contribution in [2.24, 2.45) is 0 Å². The Hall–Kier alpha value is -0.610. The lowest BCUT2D eigenvalue weighted by Gasteiger charge is -2.39. The molecule has 2 aliphatic rings. The van der Waals surface area contributed by atoms with Crippen LogP contribution >= 0.6 is 24.0 Å². The molecule has 2 fully saturated rings. The Morgan fingerprint density at radius 1 is 1.15 bits per heavy atom. The Labute approximate surface area is 127 Å². The zero-order chi connectivity index (χ0) is 13.8.